The largest absolute Gasteiger partial charge is 0.497 e. The van der Waals surface area contributed by atoms with Crippen LogP contribution in [0.5, 0.6) is 5.75 Å². The summed E-state index contributed by atoms with van der Waals surface area (Å²) in [7, 11) is 1.62. The summed E-state index contributed by atoms with van der Waals surface area (Å²) in [5.74, 6) is 2.62. The van der Waals surface area contributed by atoms with Crippen molar-refractivity contribution in [3.8, 4) is 5.75 Å². The lowest BCUT2D eigenvalue weighted by molar-refractivity contribution is -0.122. The number of hydrogen-bond donors (Lipinski definition) is 2. The van der Waals surface area contributed by atoms with Gasteiger partial charge in [0.15, 0.2) is 0 Å². The number of rotatable bonds is 10. The Bertz CT molecular complexity index is 824. The van der Waals surface area contributed by atoms with Crippen LogP contribution >= 0.6 is 11.8 Å². The normalized spacial score (nSPS) is 15.1. The second-order valence-corrected chi connectivity index (χ2v) is 8.95. The molecular formula is C24H31N3O3S. The molecule has 0 radical (unpaired) electrons. The number of methoxy groups -OCH3 is 1. The second-order valence-electron chi connectivity index (χ2n) is 7.88. The van der Waals surface area contributed by atoms with Gasteiger partial charge in [-0.05, 0) is 54.3 Å². The van der Waals surface area contributed by atoms with Gasteiger partial charge in [0.25, 0.3) is 5.91 Å². The molecule has 7 heteroatoms. The van der Waals surface area contributed by atoms with Crippen LogP contribution in [-0.2, 0) is 11.3 Å². The molecule has 6 nitrogen and oxygen atoms in total. The maximum absolute atomic E-state index is 12.9. The lowest BCUT2D eigenvalue weighted by Crippen LogP contribution is -2.48. The van der Waals surface area contributed by atoms with Gasteiger partial charge < -0.3 is 15.4 Å². The number of benzene rings is 1. The summed E-state index contributed by atoms with van der Waals surface area (Å²) < 4.78 is 5.17. The summed E-state index contributed by atoms with van der Waals surface area (Å²) in [6, 6.07) is 10.4. The van der Waals surface area contributed by atoms with Gasteiger partial charge in [0.2, 0.25) is 5.91 Å². The number of pyridine rings is 1. The minimum atomic E-state index is -0.598. The summed E-state index contributed by atoms with van der Waals surface area (Å²) in [4.78, 5) is 29.5. The van der Waals surface area contributed by atoms with Crippen molar-refractivity contribution in [1.29, 1.82) is 0 Å². The molecule has 1 aliphatic carbocycles. The molecule has 0 spiro atoms. The average Bonchev–Trinajstić information content (AvgIpc) is 2.83. The highest BCUT2D eigenvalue weighted by Gasteiger charge is 2.22. The number of nitrogens with zero attached hydrogens (tertiary/aromatic N) is 1. The highest BCUT2D eigenvalue weighted by atomic mass is 32.2. The van der Waals surface area contributed by atoms with E-state index >= 15 is 0 Å². The van der Waals surface area contributed by atoms with Gasteiger partial charge in [0.05, 0.1) is 12.7 Å². The Hall–Kier alpha value is -2.54. The number of amides is 2. The van der Waals surface area contributed by atoms with Crippen molar-refractivity contribution in [1.82, 2.24) is 15.6 Å². The summed E-state index contributed by atoms with van der Waals surface area (Å²) in [6.45, 7) is 0.398. The Morgan fingerprint density at radius 1 is 1.16 bits per heavy atom. The third-order valence-electron chi connectivity index (χ3n) is 5.53. The van der Waals surface area contributed by atoms with Gasteiger partial charge in [-0.3, -0.25) is 14.6 Å². The van der Waals surface area contributed by atoms with Crippen LogP contribution < -0.4 is 15.4 Å². The van der Waals surface area contributed by atoms with E-state index in [0.29, 0.717) is 17.9 Å². The van der Waals surface area contributed by atoms with Crippen molar-refractivity contribution < 1.29 is 14.3 Å². The number of nitrogens with one attached hydrogen (secondary N) is 2. The predicted molar refractivity (Wildman–Crippen MR) is 124 cm³/mol. The molecule has 3 rings (SSSR count). The van der Waals surface area contributed by atoms with E-state index in [1.807, 2.05) is 24.3 Å². The number of aromatic nitrogens is 1. The van der Waals surface area contributed by atoms with E-state index < -0.39 is 6.04 Å². The van der Waals surface area contributed by atoms with Crippen molar-refractivity contribution in [3.63, 3.8) is 0 Å². The molecule has 1 fully saturated rings. The zero-order valence-corrected chi connectivity index (χ0v) is 18.8. The van der Waals surface area contributed by atoms with Crippen molar-refractivity contribution >= 4 is 23.6 Å². The third-order valence-corrected chi connectivity index (χ3v) is 6.81. The van der Waals surface area contributed by atoms with Crippen LogP contribution in [0, 0.1) is 5.92 Å². The minimum Gasteiger partial charge on any atom is -0.497 e. The second kappa shape index (κ2) is 12.3. The summed E-state index contributed by atoms with van der Waals surface area (Å²) in [5, 5.41) is 5.85. The van der Waals surface area contributed by atoms with Crippen LogP contribution in [0.1, 0.15) is 48.0 Å². The number of carbonyl (C=O) groups excluding carboxylic acids is 2. The molecular weight excluding hydrogens is 410 g/mol. The molecule has 1 heterocycles. The first-order valence-corrected chi connectivity index (χ1v) is 12.0. The molecule has 31 heavy (non-hydrogen) atoms. The molecule has 2 amide bonds. The third kappa shape index (κ3) is 7.58. The number of carbonyl (C=O) groups is 2. The molecule has 2 N–H and O–H groups in total. The standard InChI is InChI=1S/C24H31N3O3S/c1-30-21-11-9-18(10-12-21)14-26-24(29)22(17-31-16-19-6-3-2-4-7-19)27-23(28)20-8-5-13-25-15-20/h5,8-13,15,19,22H,2-4,6-7,14,16-17H2,1H3,(H,26,29)(H,27,28). The van der Waals surface area contributed by atoms with Crippen LogP contribution in [-0.4, -0.2) is 41.5 Å². The van der Waals surface area contributed by atoms with Crippen LogP contribution in [0.3, 0.4) is 0 Å². The van der Waals surface area contributed by atoms with Gasteiger partial charge in [0, 0.05) is 24.7 Å². The molecule has 1 aromatic carbocycles. The van der Waals surface area contributed by atoms with Gasteiger partial charge in [-0.2, -0.15) is 11.8 Å². The predicted octanol–water partition coefficient (Wildman–Crippen LogP) is 3.82. The van der Waals surface area contributed by atoms with Crippen molar-refractivity contribution in [3.05, 3.63) is 59.9 Å². The average molecular weight is 442 g/mol. The SMILES string of the molecule is COc1ccc(CNC(=O)C(CSCC2CCCCC2)NC(=O)c2cccnc2)cc1. The number of hydrogen-bond acceptors (Lipinski definition) is 5. The molecule has 0 saturated heterocycles. The van der Waals surface area contributed by atoms with Gasteiger partial charge >= 0.3 is 0 Å². The molecule has 1 saturated carbocycles. The fraction of sp³-hybridized carbons (Fsp3) is 0.458. The zero-order chi connectivity index (χ0) is 21.9. The molecule has 1 atom stereocenters. The van der Waals surface area contributed by atoms with E-state index in [2.05, 4.69) is 15.6 Å². The van der Waals surface area contributed by atoms with Crippen LogP contribution in [0.4, 0.5) is 0 Å². The smallest absolute Gasteiger partial charge is 0.253 e. The van der Waals surface area contributed by atoms with E-state index in [-0.39, 0.29) is 11.8 Å². The first-order valence-electron chi connectivity index (χ1n) is 10.8. The molecule has 2 aromatic rings. The summed E-state index contributed by atoms with van der Waals surface area (Å²) >= 11 is 1.75. The molecule has 1 unspecified atom stereocenters. The van der Waals surface area contributed by atoms with Crippen molar-refractivity contribution in [2.24, 2.45) is 5.92 Å². The number of thioether (sulfide) groups is 1. The van der Waals surface area contributed by atoms with Gasteiger partial charge in [-0.1, -0.05) is 31.4 Å². The Labute approximate surface area is 188 Å². The molecule has 0 bridgehead atoms. The van der Waals surface area contributed by atoms with Crippen LogP contribution in [0.15, 0.2) is 48.8 Å². The quantitative estimate of drug-likeness (QED) is 0.586. The Morgan fingerprint density at radius 2 is 1.94 bits per heavy atom. The molecule has 1 aromatic heterocycles. The van der Waals surface area contributed by atoms with E-state index in [0.717, 1.165) is 23.0 Å². The van der Waals surface area contributed by atoms with Gasteiger partial charge in [0.1, 0.15) is 11.8 Å². The molecule has 0 aliphatic heterocycles. The Morgan fingerprint density at radius 3 is 2.61 bits per heavy atom. The van der Waals surface area contributed by atoms with E-state index in [1.165, 1.54) is 38.3 Å². The molecule has 166 valence electrons. The maximum Gasteiger partial charge on any atom is 0.253 e. The summed E-state index contributed by atoms with van der Waals surface area (Å²) in [5.41, 5.74) is 1.43. The topological polar surface area (TPSA) is 80.3 Å². The lowest BCUT2D eigenvalue weighted by Gasteiger charge is -2.23. The van der Waals surface area contributed by atoms with Crippen LogP contribution in [0.25, 0.3) is 0 Å². The van der Waals surface area contributed by atoms with E-state index in [1.54, 1.807) is 37.2 Å². The van der Waals surface area contributed by atoms with Crippen molar-refractivity contribution in [2.45, 2.75) is 44.7 Å². The van der Waals surface area contributed by atoms with Gasteiger partial charge in [-0.25, -0.2) is 0 Å². The fourth-order valence-electron chi connectivity index (χ4n) is 3.68. The Kier molecular flexibility index (Phi) is 9.21. The maximum atomic E-state index is 12.9. The monoisotopic (exact) mass is 441 g/mol. The highest BCUT2D eigenvalue weighted by Crippen LogP contribution is 2.27. The zero-order valence-electron chi connectivity index (χ0n) is 18.0. The lowest BCUT2D eigenvalue weighted by atomic mass is 9.91. The van der Waals surface area contributed by atoms with E-state index in [9.17, 15) is 9.59 Å². The fourth-order valence-corrected chi connectivity index (χ4v) is 4.96. The Balaban J connectivity index is 1.57. The van der Waals surface area contributed by atoms with Crippen molar-refractivity contribution in [2.75, 3.05) is 18.6 Å². The van der Waals surface area contributed by atoms with E-state index in [4.69, 9.17) is 4.74 Å². The highest BCUT2D eigenvalue weighted by molar-refractivity contribution is 7.99. The number of ether oxygens (including phenoxy) is 1. The van der Waals surface area contributed by atoms with Crippen LogP contribution in [0.2, 0.25) is 0 Å². The minimum absolute atomic E-state index is 0.177. The molecule has 1 aliphatic rings. The van der Waals surface area contributed by atoms with Gasteiger partial charge in [-0.15, -0.1) is 0 Å². The summed E-state index contributed by atoms with van der Waals surface area (Å²) in [6.07, 6.45) is 9.60. The first kappa shape index (κ1) is 23.1. The first-order chi connectivity index (χ1) is 15.2.